The van der Waals surface area contributed by atoms with Crippen molar-refractivity contribution in [1.29, 1.82) is 0 Å². The standard InChI is InChI=1S/C6H12O.2CH4/c1-3-4-5-6(2)7;;/h3-5H2,1-2H3;2*1H4. The molecule has 0 aromatic heterocycles. The Labute approximate surface area is 59.5 Å². The lowest BCUT2D eigenvalue weighted by atomic mass is 10.2. The Morgan fingerprint density at radius 3 is 1.89 bits per heavy atom. The Balaban J connectivity index is -0.000000180. The molecule has 0 fully saturated rings. The third kappa shape index (κ3) is 18.3. The second-order valence-electron chi connectivity index (χ2n) is 1.81. The van der Waals surface area contributed by atoms with Gasteiger partial charge in [-0.1, -0.05) is 28.2 Å². The fourth-order valence-corrected chi connectivity index (χ4v) is 0.426. The molecule has 0 aliphatic heterocycles. The number of rotatable bonds is 3. The average molecular weight is 132 g/mol. The zero-order valence-corrected chi connectivity index (χ0v) is 5.03. The molecule has 0 aromatic carbocycles. The second kappa shape index (κ2) is 10.6. The van der Waals surface area contributed by atoms with Crippen molar-refractivity contribution >= 4 is 5.78 Å². The quantitative estimate of drug-likeness (QED) is 0.577. The molecule has 0 atom stereocenters. The van der Waals surface area contributed by atoms with Crippen LogP contribution in [0.15, 0.2) is 0 Å². The molecule has 0 N–H and O–H groups in total. The summed E-state index contributed by atoms with van der Waals surface area (Å²) in [5.41, 5.74) is 0. The molecule has 0 bridgehead atoms. The molecular formula is C8H20O. The molecule has 0 heterocycles. The summed E-state index contributed by atoms with van der Waals surface area (Å²) in [4.78, 5) is 10.2. The molecule has 1 nitrogen and oxygen atoms in total. The van der Waals surface area contributed by atoms with Gasteiger partial charge in [0.15, 0.2) is 0 Å². The van der Waals surface area contributed by atoms with Gasteiger partial charge in [-0.05, 0) is 13.3 Å². The summed E-state index contributed by atoms with van der Waals surface area (Å²) in [6.07, 6.45) is 2.94. The highest BCUT2D eigenvalue weighted by Gasteiger charge is 1.87. The lowest BCUT2D eigenvalue weighted by Gasteiger charge is -1.86. The molecule has 9 heavy (non-hydrogen) atoms. The number of ketones is 1. The monoisotopic (exact) mass is 132 g/mol. The van der Waals surface area contributed by atoms with E-state index in [-0.39, 0.29) is 14.9 Å². The zero-order chi connectivity index (χ0) is 5.70. The maximum absolute atomic E-state index is 10.2. The van der Waals surface area contributed by atoms with Crippen LogP contribution < -0.4 is 0 Å². The zero-order valence-electron chi connectivity index (χ0n) is 5.03. The van der Waals surface area contributed by atoms with Crippen LogP contribution in [-0.4, -0.2) is 5.78 Å². The second-order valence-corrected chi connectivity index (χ2v) is 1.81. The summed E-state index contributed by atoms with van der Waals surface area (Å²) in [5.74, 6) is 0.307. The van der Waals surface area contributed by atoms with Gasteiger partial charge in [0.05, 0.1) is 0 Å². The minimum atomic E-state index is 0. The van der Waals surface area contributed by atoms with Gasteiger partial charge in [0.25, 0.3) is 0 Å². The van der Waals surface area contributed by atoms with Gasteiger partial charge in [0.2, 0.25) is 0 Å². The van der Waals surface area contributed by atoms with Crippen LogP contribution in [0.25, 0.3) is 0 Å². The van der Waals surface area contributed by atoms with Crippen LogP contribution in [0.4, 0.5) is 0 Å². The molecule has 0 radical (unpaired) electrons. The van der Waals surface area contributed by atoms with Gasteiger partial charge < -0.3 is 4.79 Å². The smallest absolute Gasteiger partial charge is 0.129 e. The van der Waals surface area contributed by atoms with Crippen molar-refractivity contribution in [2.75, 3.05) is 0 Å². The Morgan fingerprint density at radius 2 is 1.78 bits per heavy atom. The molecule has 0 saturated carbocycles. The summed E-state index contributed by atoms with van der Waals surface area (Å²) in [7, 11) is 0. The lowest BCUT2D eigenvalue weighted by molar-refractivity contribution is -0.117. The minimum absolute atomic E-state index is 0. The van der Waals surface area contributed by atoms with Crippen molar-refractivity contribution < 1.29 is 4.79 Å². The Bertz CT molecular complexity index is 57.6. The molecule has 0 unspecified atom stereocenters. The summed E-state index contributed by atoms with van der Waals surface area (Å²) < 4.78 is 0. The minimum Gasteiger partial charge on any atom is -0.300 e. The number of Topliss-reactive ketones (excluding diaryl/α,β-unsaturated/α-hetero) is 1. The summed E-state index contributed by atoms with van der Waals surface area (Å²) >= 11 is 0. The van der Waals surface area contributed by atoms with Gasteiger partial charge in [-0.25, -0.2) is 0 Å². The number of hydrogen-bond acceptors (Lipinski definition) is 1. The molecule has 0 aliphatic carbocycles. The summed E-state index contributed by atoms with van der Waals surface area (Å²) in [5, 5.41) is 0. The molecule has 1 heteroatoms. The third-order valence-corrected chi connectivity index (χ3v) is 0.882. The van der Waals surface area contributed by atoms with Gasteiger partial charge in [-0.3, -0.25) is 0 Å². The highest BCUT2D eigenvalue weighted by molar-refractivity contribution is 5.75. The molecular weight excluding hydrogens is 112 g/mol. The van der Waals surface area contributed by atoms with Crippen LogP contribution in [0.2, 0.25) is 0 Å². The van der Waals surface area contributed by atoms with E-state index in [2.05, 4.69) is 6.92 Å². The number of carbonyl (C=O) groups excluding carboxylic acids is 1. The molecule has 0 rings (SSSR count). The highest BCUT2D eigenvalue weighted by Crippen LogP contribution is 1.92. The molecule has 0 aliphatic rings. The Hall–Kier alpha value is -0.330. The van der Waals surface area contributed by atoms with Gasteiger partial charge in [0.1, 0.15) is 5.78 Å². The highest BCUT2D eigenvalue weighted by atomic mass is 16.1. The van der Waals surface area contributed by atoms with E-state index in [0.29, 0.717) is 5.78 Å². The van der Waals surface area contributed by atoms with Crippen molar-refractivity contribution in [1.82, 2.24) is 0 Å². The normalized spacial score (nSPS) is 6.89. The van der Waals surface area contributed by atoms with Crippen LogP contribution in [0, 0.1) is 0 Å². The van der Waals surface area contributed by atoms with E-state index in [0.717, 1.165) is 19.3 Å². The number of unbranched alkanes of at least 4 members (excludes halogenated alkanes) is 1. The third-order valence-electron chi connectivity index (χ3n) is 0.882. The van der Waals surface area contributed by atoms with E-state index in [4.69, 9.17) is 0 Å². The van der Waals surface area contributed by atoms with Crippen molar-refractivity contribution in [3.63, 3.8) is 0 Å². The van der Waals surface area contributed by atoms with Crippen LogP contribution in [0.1, 0.15) is 48.0 Å². The molecule has 0 spiro atoms. The van der Waals surface area contributed by atoms with Crippen molar-refractivity contribution in [2.24, 2.45) is 0 Å². The van der Waals surface area contributed by atoms with Crippen LogP contribution in [-0.2, 0) is 4.79 Å². The SMILES string of the molecule is C.C.CCCCC(C)=O. The van der Waals surface area contributed by atoms with Crippen LogP contribution >= 0.6 is 0 Å². The maximum Gasteiger partial charge on any atom is 0.129 e. The van der Waals surface area contributed by atoms with E-state index in [1.165, 1.54) is 0 Å². The van der Waals surface area contributed by atoms with Crippen molar-refractivity contribution in [3.05, 3.63) is 0 Å². The van der Waals surface area contributed by atoms with Crippen molar-refractivity contribution in [3.8, 4) is 0 Å². The molecule has 0 aromatic rings. The largest absolute Gasteiger partial charge is 0.300 e. The summed E-state index contributed by atoms with van der Waals surface area (Å²) in [6.45, 7) is 3.72. The van der Waals surface area contributed by atoms with Gasteiger partial charge in [0, 0.05) is 6.42 Å². The lowest BCUT2D eigenvalue weighted by Crippen LogP contribution is -1.86. The fourth-order valence-electron chi connectivity index (χ4n) is 0.426. The van der Waals surface area contributed by atoms with Crippen LogP contribution in [0.5, 0.6) is 0 Å². The Kier molecular flexibility index (Phi) is 18.7. The average Bonchev–Trinajstić information content (AvgIpc) is 1.61. The van der Waals surface area contributed by atoms with Gasteiger partial charge in [-0.15, -0.1) is 0 Å². The van der Waals surface area contributed by atoms with Gasteiger partial charge >= 0.3 is 0 Å². The van der Waals surface area contributed by atoms with Crippen LogP contribution in [0.3, 0.4) is 0 Å². The first-order valence-corrected chi connectivity index (χ1v) is 2.76. The maximum atomic E-state index is 10.2. The van der Waals surface area contributed by atoms with E-state index in [9.17, 15) is 4.79 Å². The van der Waals surface area contributed by atoms with E-state index in [1.54, 1.807) is 6.92 Å². The van der Waals surface area contributed by atoms with Crippen molar-refractivity contribution in [2.45, 2.75) is 48.0 Å². The predicted molar refractivity (Wildman–Crippen MR) is 43.7 cm³/mol. The number of carbonyl (C=O) groups is 1. The first kappa shape index (κ1) is 15.9. The topological polar surface area (TPSA) is 17.1 Å². The Morgan fingerprint density at radius 1 is 1.33 bits per heavy atom. The fraction of sp³-hybridized carbons (Fsp3) is 0.875. The van der Waals surface area contributed by atoms with E-state index < -0.39 is 0 Å². The number of hydrogen-bond donors (Lipinski definition) is 0. The molecule has 58 valence electrons. The molecule has 0 amide bonds. The molecule has 0 saturated heterocycles. The first-order chi connectivity index (χ1) is 3.27. The van der Waals surface area contributed by atoms with E-state index >= 15 is 0 Å². The predicted octanol–water partition coefficient (Wildman–Crippen LogP) is 3.04. The summed E-state index contributed by atoms with van der Waals surface area (Å²) in [6, 6.07) is 0. The van der Waals surface area contributed by atoms with E-state index in [1.807, 2.05) is 0 Å². The first-order valence-electron chi connectivity index (χ1n) is 2.76. The van der Waals surface area contributed by atoms with Gasteiger partial charge in [-0.2, -0.15) is 0 Å².